The topological polar surface area (TPSA) is 119 Å². The van der Waals surface area contributed by atoms with Crippen molar-refractivity contribution < 1.29 is 145 Å². The molecule has 2 rings (SSSR count). The van der Waals surface area contributed by atoms with Crippen molar-refractivity contribution in [3.63, 3.8) is 0 Å². The summed E-state index contributed by atoms with van der Waals surface area (Å²) in [5.74, 6) is 1.16. The summed E-state index contributed by atoms with van der Waals surface area (Å²) < 4.78 is 20.7. The number of ether oxygens (including phenoxy) is 1. The number of aromatic hydroxyl groups is 1. The van der Waals surface area contributed by atoms with Crippen LogP contribution >= 0.6 is 15.9 Å². The van der Waals surface area contributed by atoms with Gasteiger partial charge in [-0.2, -0.15) is 0 Å². The summed E-state index contributed by atoms with van der Waals surface area (Å²) in [4.78, 5) is 11.2. The Hall–Kier alpha value is 1.07. The van der Waals surface area contributed by atoms with E-state index in [1.807, 2.05) is 50.2 Å². The van der Waals surface area contributed by atoms with Crippen LogP contribution in [0.25, 0.3) is 0 Å². The van der Waals surface area contributed by atoms with E-state index in [-0.39, 0.29) is 124 Å². The van der Waals surface area contributed by atoms with E-state index in [4.69, 9.17) is 31.5 Å². The zero-order valence-corrected chi connectivity index (χ0v) is 26.3. The van der Waals surface area contributed by atoms with E-state index >= 15 is 0 Å². The molecule has 168 valence electrons. The fourth-order valence-electron chi connectivity index (χ4n) is 1.50. The van der Waals surface area contributed by atoms with Gasteiger partial charge in [0.25, 0.3) is 6.47 Å². The van der Waals surface area contributed by atoms with Crippen LogP contribution in [0.5, 0.6) is 11.5 Å². The van der Waals surface area contributed by atoms with Crippen molar-refractivity contribution in [3.8, 4) is 11.5 Å². The molecule has 2 aromatic carbocycles. The molecular formula is C20H30BrFK2O7. The zero-order valence-electron chi connectivity index (χ0n) is 20.5. The van der Waals surface area contributed by atoms with Gasteiger partial charge < -0.3 is 31.6 Å². The maximum atomic E-state index is 9.96. The van der Waals surface area contributed by atoms with E-state index in [1.165, 1.54) is 5.56 Å². The number of phenolic OH excluding ortho intramolecular Hbond substituents is 1. The number of aryl methyl sites for hydroxylation is 2. The molecule has 7 nitrogen and oxygen atoms in total. The van der Waals surface area contributed by atoms with Crippen LogP contribution in [0, 0.1) is 13.8 Å². The van der Waals surface area contributed by atoms with Crippen LogP contribution < -0.4 is 113 Å². The molecule has 0 aliphatic rings. The molecule has 31 heavy (non-hydrogen) atoms. The van der Waals surface area contributed by atoms with E-state index in [1.54, 1.807) is 12.1 Å². The third-order valence-electron chi connectivity index (χ3n) is 2.48. The van der Waals surface area contributed by atoms with Crippen molar-refractivity contribution in [2.45, 2.75) is 13.8 Å². The number of carbonyl (C=O) groups is 1. The van der Waals surface area contributed by atoms with Gasteiger partial charge in [-0.1, -0.05) is 40.2 Å². The molecule has 0 amide bonds. The van der Waals surface area contributed by atoms with Crippen LogP contribution in [0.3, 0.4) is 0 Å². The summed E-state index contributed by atoms with van der Waals surface area (Å²) >= 11 is 3.00. The van der Waals surface area contributed by atoms with Crippen LogP contribution in [0.4, 0.5) is 4.39 Å². The number of alkyl halides is 2. The number of aliphatic hydroxyl groups is 2. The third kappa shape index (κ3) is 35.8. The number of halogens is 2. The number of carbonyl (C=O) groups excluding carboxylic acids is 1. The molecule has 0 heterocycles. The second-order valence-electron chi connectivity index (χ2n) is 4.83. The summed E-state index contributed by atoms with van der Waals surface area (Å²) in [5, 5.41) is 34.2. The summed E-state index contributed by atoms with van der Waals surface area (Å²) in [6, 6.07) is 14.9. The van der Waals surface area contributed by atoms with Crippen molar-refractivity contribution in [1.29, 1.82) is 0 Å². The van der Waals surface area contributed by atoms with Gasteiger partial charge in [0.1, 0.15) is 18.1 Å². The molecule has 0 saturated heterocycles. The van der Waals surface area contributed by atoms with Gasteiger partial charge in [0.05, 0.1) is 21.7 Å². The predicted octanol–water partition coefficient (Wildman–Crippen LogP) is -3.42. The smallest absolute Gasteiger partial charge is 1.00 e. The fraction of sp³-hybridized carbons (Fsp3) is 0.350. The second-order valence-corrected chi connectivity index (χ2v) is 5.63. The Labute approximate surface area is 280 Å². The van der Waals surface area contributed by atoms with E-state index in [0.717, 1.165) is 11.3 Å². The van der Waals surface area contributed by atoms with Gasteiger partial charge in [-0.25, -0.2) is 0 Å². The quantitative estimate of drug-likeness (QED) is 0.115. The van der Waals surface area contributed by atoms with Crippen LogP contribution in [0.1, 0.15) is 13.9 Å². The van der Waals surface area contributed by atoms with E-state index in [0.29, 0.717) is 17.7 Å². The average Bonchev–Trinajstić information content (AvgIpc) is 2.73. The number of phenols is 1. The Morgan fingerprint density at radius 1 is 1.13 bits per heavy atom. The molecule has 0 fully saturated rings. The molecule has 0 atom stereocenters. The van der Waals surface area contributed by atoms with Gasteiger partial charge in [0, 0.05) is 5.33 Å². The minimum absolute atomic E-state index is 0. The maximum absolute atomic E-state index is 9.96. The van der Waals surface area contributed by atoms with Gasteiger partial charge in [-0.15, -0.1) is 0 Å². The van der Waals surface area contributed by atoms with E-state index in [2.05, 4.69) is 20.8 Å². The van der Waals surface area contributed by atoms with E-state index < -0.39 is 7.15 Å². The van der Waals surface area contributed by atoms with Crippen molar-refractivity contribution in [2.24, 2.45) is 0 Å². The minimum Gasteiger partial charge on any atom is -1.00 e. The largest absolute Gasteiger partial charge is 1.00 e. The molecule has 11 heteroatoms. The number of aliphatic hydroxyl groups excluding tert-OH is 2. The Kier molecular flexibility index (Phi) is 45.2. The van der Waals surface area contributed by atoms with Gasteiger partial charge in [0.15, 0.2) is 0 Å². The minimum atomic E-state index is -1.00. The Bertz CT molecular complexity index is 617. The maximum Gasteiger partial charge on any atom is 1.00 e. The molecule has 0 aromatic heterocycles. The summed E-state index contributed by atoms with van der Waals surface area (Å²) in [5.41, 5.74) is 2.26. The number of rotatable bonds is 5. The monoisotopic (exact) mass is 559 g/mol. The molecule has 2 aromatic rings. The van der Waals surface area contributed by atoms with Gasteiger partial charge >= 0.3 is 103 Å². The first-order valence-electron chi connectivity index (χ1n) is 8.87. The van der Waals surface area contributed by atoms with Crippen LogP contribution in [0.2, 0.25) is 0 Å². The van der Waals surface area contributed by atoms with Crippen molar-refractivity contribution >= 4 is 22.4 Å². The third-order valence-corrected chi connectivity index (χ3v) is 2.83. The summed E-state index contributed by atoms with van der Waals surface area (Å²) in [6.07, 6.45) is 0. The number of benzene rings is 2. The molecule has 0 radical (unpaired) electrons. The first-order chi connectivity index (χ1) is 14.4. The number of hydrogen-bond donors (Lipinski definition) is 3. The van der Waals surface area contributed by atoms with Crippen molar-refractivity contribution in [1.82, 2.24) is 0 Å². The van der Waals surface area contributed by atoms with Gasteiger partial charge in [0.2, 0.25) is 0 Å². The van der Waals surface area contributed by atoms with Crippen molar-refractivity contribution in [3.05, 3.63) is 59.7 Å². The van der Waals surface area contributed by atoms with Gasteiger partial charge in [-0.3, -0.25) is 9.18 Å². The average molecular weight is 561 g/mol. The normalized spacial score (nSPS) is 8.03. The molecule has 0 saturated carbocycles. The Balaban J connectivity index is -0.0000000738. The molecular weight excluding hydrogens is 529 g/mol. The standard InChI is InChI=1S/C9H12O2.C7H8O.C2H5BrO.CH3F.CH2O3.2K.H/c1-8-3-2-4-9(7-8)11-6-5-10;1-6-3-2-4-7(8)5-6;3-1-2-4;1-2;2-1-4-3;;;/h2-4,7,10H,5-6H2,1H3;2-5,8H,1H3;4H,1-2H2;1H3;1,3H;;;/q;;;;;2*+1;-1/p-1/i;;;1D;;;;. The molecule has 0 spiro atoms. The Morgan fingerprint density at radius 2 is 1.58 bits per heavy atom. The second kappa shape index (κ2) is 35.7. The molecule has 0 unspecified atom stereocenters. The zero-order chi connectivity index (χ0) is 23.6. The molecule has 3 N–H and O–H groups in total. The summed E-state index contributed by atoms with van der Waals surface area (Å²) in [7, 11) is -1.00. The summed E-state index contributed by atoms with van der Waals surface area (Å²) in [6.45, 7) is 4.43. The van der Waals surface area contributed by atoms with Crippen LogP contribution in [0.15, 0.2) is 48.5 Å². The number of hydrogen-bond acceptors (Lipinski definition) is 7. The van der Waals surface area contributed by atoms with Crippen LogP contribution in [-0.4, -0.2) is 54.1 Å². The fourth-order valence-corrected chi connectivity index (χ4v) is 1.50. The van der Waals surface area contributed by atoms with Crippen molar-refractivity contribution in [2.75, 3.05) is 32.3 Å². The van der Waals surface area contributed by atoms with Gasteiger partial charge in [-0.05, 0) is 49.2 Å². The first-order valence-corrected chi connectivity index (χ1v) is 9.29. The van der Waals surface area contributed by atoms with Crippen LogP contribution in [-0.2, 0) is 9.68 Å². The van der Waals surface area contributed by atoms with E-state index in [9.17, 15) is 4.39 Å². The SMILES string of the molecule is Cc1cccc(O)c1.Cc1cccc(OCCO)c1.O=CO[O-].OCCBr.[2H]CF.[H-].[K+].[K+]. The molecule has 0 aliphatic heterocycles. The first kappa shape index (κ1) is 39.3. The predicted molar refractivity (Wildman–Crippen MR) is 113 cm³/mol. The molecule has 0 bridgehead atoms. The molecule has 0 aliphatic carbocycles. The Morgan fingerprint density at radius 3 is 1.87 bits per heavy atom.